The van der Waals surface area contributed by atoms with Crippen LogP contribution in [0.25, 0.3) is 0 Å². The van der Waals surface area contributed by atoms with Crippen molar-refractivity contribution in [3.8, 4) is 5.75 Å². The van der Waals surface area contributed by atoms with Crippen molar-refractivity contribution in [1.29, 1.82) is 0 Å². The molecule has 0 saturated heterocycles. The molecule has 1 aromatic rings. The van der Waals surface area contributed by atoms with Crippen molar-refractivity contribution in [2.75, 3.05) is 19.8 Å². The fraction of sp³-hybridized carbons (Fsp3) is 0.633. The van der Waals surface area contributed by atoms with Crippen LogP contribution in [0, 0.1) is 23.2 Å². The standard InChI is InChI=1S/C26H39NO4.C4H4O4/c1-18(2)27-16-23(28)17-31-24-5-3-19(4-6-24)12-25(29)30-8-7-26-13-20-9-21(14-26)11-22(10-20)15-26;5-3(6)1-2-4(7)8/h3-6,18,20-23,27-28H,7-17H2,1-2H3;1-2H,(H,5,6)(H,7,8). The zero-order valence-electron chi connectivity index (χ0n) is 23.0. The lowest BCUT2D eigenvalue weighted by atomic mass is 9.49. The average Bonchev–Trinajstić information content (AvgIpc) is 2.85. The molecule has 4 N–H and O–H groups in total. The predicted octanol–water partition coefficient (Wildman–Crippen LogP) is 3.83. The van der Waals surface area contributed by atoms with Crippen molar-refractivity contribution in [3.05, 3.63) is 42.0 Å². The van der Waals surface area contributed by atoms with Gasteiger partial charge in [-0.15, -0.1) is 0 Å². The number of aliphatic hydroxyl groups is 1. The van der Waals surface area contributed by atoms with E-state index in [9.17, 15) is 19.5 Å². The first-order chi connectivity index (χ1) is 18.5. The monoisotopic (exact) mass is 545 g/mol. The molecule has 216 valence electrons. The Morgan fingerprint density at radius 2 is 1.51 bits per heavy atom. The highest BCUT2D eigenvalue weighted by Crippen LogP contribution is 2.61. The van der Waals surface area contributed by atoms with E-state index in [0.29, 0.717) is 48.9 Å². The molecule has 0 spiro atoms. The number of hydrogen-bond donors (Lipinski definition) is 4. The number of ether oxygens (including phenoxy) is 2. The van der Waals surface area contributed by atoms with E-state index in [4.69, 9.17) is 19.7 Å². The van der Waals surface area contributed by atoms with Crippen LogP contribution in [0.5, 0.6) is 5.75 Å². The van der Waals surface area contributed by atoms with Gasteiger partial charge in [-0.25, -0.2) is 9.59 Å². The predicted molar refractivity (Wildman–Crippen MR) is 145 cm³/mol. The average molecular weight is 546 g/mol. The van der Waals surface area contributed by atoms with Crippen molar-refractivity contribution in [2.24, 2.45) is 23.2 Å². The van der Waals surface area contributed by atoms with Gasteiger partial charge in [-0.3, -0.25) is 4.79 Å². The third kappa shape index (κ3) is 10.6. The molecule has 4 fully saturated rings. The van der Waals surface area contributed by atoms with Gasteiger partial charge in [-0.05, 0) is 85.8 Å². The van der Waals surface area contributed by atoms with Crippen molar-refractivity contribution >= 4 is 17.9 Å². The normalized spacial score (nSPS) is 25.7. The number of esters is 1. The zero-order valence-corrected chi connectivity index (χ0v) is 23.0. The van der Waals surface area contributed by atoms with E-state index in [-0.39, 0.29) is 12.6 Å². The third-order valence-electron chi connectivity index (χ3n) is 7.90. The molecule has 39 heavy (non-hydrogen) atoms. The van der Waals surface area contributed by atoms with Gasteiger partial charge in [0, 0.05) is 24.7 Å². The molecule has 4 aliphatic carbocycles. The Balaban J connectivity index is 0.000000459. The maximum Gasteiger partial charge on any atom is 0.328 e. The second-order valence-electron chi connectivity index (χ2n) is 11.7. The number of benzene rings is 1. The van der Waals surface area contributed by atoms with Gasteiger partial charge in [-0.2, -0.15) is 0 Å². The van der Waals surface area contributed by atoms with Crippen LogP contribution in [-0.4, -0.2) is 65.1 Å². The lowest BCUT2D eigenvalue weighted by Crippen LogP contribution is -2.46. The van der Waals surface area contributed by atoms with Gasteiger partial charge in [0.05, 0.1) is 13.0 Å². The molecule has 0 heterocycles. The number of carboxylic acid groups (broad SMARTS) is 2. The van der Waals surface area contributed by atoms with Gasteiger partial charge in [0.15, 0.2) is 0 Å². The van der Waals surface area contributed by atoms with Crippen LogP contribution in [0.3, 0.4) is 0 Å². The maximum atomic E-state index is 12.3. The molecule has 1 atom stereocenters. The summed E-state index contributed by atoms with van der Waals surface area (Å²) in [5, 5.41) is 28.7. The zero-order chi connectivity index (χ0) is 28.4. The Labute approximate surface area is 230 Å². The van der Waals surface area contributed by atoms with Gasteiger partial charge < -0.3 is 30.1 Å². The molecule has 4 aliphatic rings. The Hall–Kier alpha value is -2.91. The minimum absolute atomic E-state index is 0.145. The highest BCUT2D eigenvalue weighted by atomic mass is 16.5. The lowest BCUT2D eigenvalue weighted by molar-refractivity contribution is -0.145. The fourth-order valence-corrected chi connectivity index (χ4v) is 6.66. The van der Waals surface area contributed by atoms with Crippen LogP contribution in [-0.2, 0) is 25.5 Å². The number of rotatable bonds is 13. The van der Waals surface area contributed by atoms with E-state index in [1.165, 1.54) is 38.5 Å². The Kier molecular flexibility index (Phi) is 11.4. The summed E-state index contributed by atoms with van der Waals surface area (Å²) in [4.78, 5) is 31.4. The summed E-state index contributed by atoms with van der Waals surface area (Å²) in [5.74, 6) is 0.858. The van der Waals surface area contributed by atoms with Gasteiger partial charge >= 0.3 is 17.9 Å². The molecule has 5 rings (SSSR count). The van der Waals surface area contributed by atoms with Gasteiger partial charge in [0.25, 0.3) is 0 Å². The molecule has 0 amide bonds. The number of carbonyl (C=O) groups excluding carboxylic acids is 1. The van der Waals surface area contributed by atoms with Crippen molar-refractivity contribution in [1.82, 2.24) is 5.32 Å². The number of aliphatic carboxylic acids is 2. The van der Waals surface area contributed by atoms with E-state index in [1.807, 2.05) is 38.1 Å². The van der Waals surface area contributed by atoms with E-state index in [1.54, 1.807) is 0 Å². The Morgan fingerprint density at radius 1 is 0.974 bits per heavy atom. The SMILES string of the molecule is CC(C)NCC(O)COc1ccc(CC(=O)OCCC23CC4CC(CC(C4)C2)C3)cc1.O=C(O)C=CC(=O)O. The van der Waals surface area contributed by atoms with Crippen LogP contribution in [0.1, 0.15) is 64.4 Å². The summed E-state index contributed by atoms with van der Waals surface area (Å²) in [6.07, 6.45) is 10.3. The molecule has 0 aromatic heterocycles. The summed E-state index contributed by atoms with van der Waals surface area (Å²) in [6.45, 7) is 5.39. The highest BCUT2D eigenvalue weighted by Gasteiger charge is 2.50. The molecule has 9 heteroatoms. The highest BCUT2D eigenvalue weighted by molar-refractivity contribution is 5.89. The van der Waals surface area contributed by atoms with Crippen molar-refractivity contribution in [3.63, 3.8) is 0 Å². The quantitative estimate of drug-likeness (QED) is 0.215. The number of carbonyl (C=O) groups is 3. The van der Waals surface area contributed by atoms with Gasteiger partial charge in [0.2, 0.25) is 0 Å². The van der Waals surface area contributed by atoms with Crippen LogP contribution >= 0.6 is 0 Å². The van der Waals surface area contributed by atoms with Gasteiger partial charge in [0.1, 0.15) is 18.5 Å². The molecule has 4 bridgehead atoms. The van der Waals surface area contributed by atoms with Crippen LogP contribution in [0.15, 0.2) is 36.4 Å². The largest absolute Gasteiger partial charge is 0.491 e. The van der Waals surface area contributed by atoms with E-state index >= 15 is 0 Å². The van der Waals surface area contributed by atoms with E-state index < -0.39 is 18.0 Å². The lowest BCUT2D eigenvalue weighted by Gasteiger charge is -2.57. The summed E-state index contributed by atoms with van der Waals surface area (Å²) in [7, 11) is 0. The molecule has 4 saturated carbocycles. The number of carboxylic acids is 2. The second kappa shape index (κ2) is 14.5. The minimum Gasteiger partial charge on any atom is -0.491 e. The second-order valence-corrected chi connectivity index (χ2v) is 11.7. The smallest absolute Gasteiger partial charge is 0.328 e. The van der Waals surface area contributed by atoms with Crippen molar-refractivity contribution < 1.29 is 39.2 Å². The summed E-state index contributed by atoms with van der Waals surface area (Å²) in [6, 6.07) is 7.82. The number of aliphatic hydroxyl groups excluding tert-OH is 1. The van der Waals surface area contributed by atoms with Crippen molar-refractivity contribution in [2.45, 2.75) is 77.4 Å². The first-order valence-corrected chi connectivity index (χ1v) is 13.9. The number of hydrogen-bond acceptors (Lipinski definition) is 7. The van der Waals surface area contributed by atoms with Crippen LogP contribution < -0.4 is 10.1 Å². The fourth-order valence-electron chi connectivity index (χ4n) is 6.66. The summed E-state index contributed by atoms with van der Waals surface area (Å²) >= 11 is 0. The molecular formula is C30H43NO8. The molecule has 0 radical (unpaired) electrons. The van der Waals surface area contributed by atoms with E-state index in [2.05, 4.69) is 5.32 Å². The molecular weight excluding hydrogens is 502 g/mol. The first kappa shape index (κ1) is 30.6. The van der Waals surface area contributed by atoms with Gasteiger partial charge in [-0.1, -0.05) is 26.0 Å². The van der Waals surface area contributed by atoms with E-state index in [0.717, 1.165) is 29.7 Å². The third-order valence-corrected chi connectivity index (χ3v) is 7.90. The first-order valence-electron chi connectivity index (χ1n) is 13.9. The topological polar surface area (TPSA) is 142 Å². The maximum absolute atomic E-state index is 12.3. The number of nitrogens with one attached hydrogen (secondary N) is 1. The molecule has 9 nitrogen and oxygen atoms in total. The summed E-state index contributed by atoms with van der Waals surface area (Å²) < 4.78 is 11.3. The van der Waals surface area contributed by atoms with Crippen LogP contribution in [0.2, 0.25) is 0 Å². The molecule has 1 aromatic carbocycles. The van der Waals surface area contributed by atoms with Crippen LogP contribution in [0.4, 0.5) is 0 Å². The summed E-state index contributed by atoms with van der Waals surface area (Å²) in [5.41, 5.74) is 1.39. The molecule has 1 unspecified atom stereocenters. The Bertz CT molecular complexity index is 936. The minimum atomic E-state index is -1.26. The molecule has 0 aliphatic heterocycles. The Morgan fingerprint density at radius 3 is 2.00 bits per heavy atom.